The Hall–Kier alpha value is -3.15. The molecule has 140 valence electrons. The zero-order chi connectivity index (χ0) is 19.3. The molecule has 2 N–H and O–H groups in total. The Kier molecular flexibility index (Phi) is 3.80. The average molecular weight is 368 g/mol. The minimum Gasteiger partial charge on any atom is -0.508 e. The second-order valence-corrected chi connectivity index (χ2v) is 7.25. The summed E-state index contributed by atoms with van der Waals surface area (Å²) >= 11 is 0. The molecule has 0 spiro atoms. The number of ether oxygens (including phenoxy) is 3. The second-order valence-electron chi connectivity index (χ2n) is 7.25. The van der Waals surface area contributed by atoms with Crippen LogP contribution in [0.4, 0.5) is 0 Å². The lowest BCUT2D eigenvalue weighted by Gasteiger charge is -2.30. The molecule has 0 unspecified atom stereocenters. The van der Waals surface area contributed by atoms with Crippen molar-refractivity contribution < 1.29 is 29.2 Å². The summed E-state index contributed by atoms with van der Waals surface area (Å²) in [6.45, 7) is 3.90. The van der Waals surface area contributed by atoms with Gasteiger partial charge in [-0.2, -0.15) is 0 Å². The van der Waals surface area contributed by atoms with Gasteiger partial charge in [-0.3, -0.25) is 4.79 Å². The Balaban J connectivity index is 1.76. The van der Waals surface area contributed by atoms with E-state index in [4.69, 9.17) is 14.2 Å². The van der Waals surface area contributed by atoms with E-state index in [1.807, 2.05) is 32.1 Å². The molecule has 2 aromatic carbocycles. The highest BCUT2D eigenvalue weighted by Crippen LogP contribution is 2.44. The summed E-state index contributed by atoms with van der Waals surface area (Å²) in [6, 6.07) is 6.14. The first-order valence-electron chi connectivity index (χ1n) is 8.62. The van der Waals surface area contributed by atoms with Crippen molar-refractivity contribution in [3.8, 4) is 28.7 Å². The van der Waals surface area contributed by atoms with Gasteiger partial charge in [0.2, 0.25) is 0 Å². The SMILES string of the molecule is COc1cc(O)cc2c1C(=O)[C@@H](c1cc(O)c3c(c1)C=CC(C)(C)O3)CO2. The zero-order valence-corrected chi connectivity index (χ0v) is 15.3. The molecule has 0 saturated heterocycles. The highest BCUT2D eigenvalue weighted by atomic mass is 16.5. The Morgan fingerprint density at radius 1 is 1.19 bits per heavy atom. The Labute approximate surface area is 156 Å². The van der Waals surface area contributed by atoms with Crippen LogP contribution >= 0.6 is 0 Å². The molecule has 6 nitrogen and oxygen atoms in total. The maximum absolute atomic E-state index is 13.1. The van der Waals surface area contributed by atoms with Crippen molar-refractivity contribution in [1.29, 1.82) is 0 Å². The van der Waals surface area contributed by atoms with Gasteiger partial charge < -0.3 is 24.4 Å². The van der Waals surface area contributed by atoms with Crippen LogP contribution in [0.5, 0.6) is 28.7 Å². The second kappa shape index (κ2) is 5.94. The predicted octanol–water partition coefficient (Wildman–Crippen LogP) is 3.65. The molecule has 2 aliphatic heterocycles. The largest absolute Gasteiger partial charge is 0.508 e. The van der Waals surface area contributed by atoms with Crippen molar-refractivity contribution in [1.82, 2.24) is 0 Å². The highest BCUT2D eigenvalue weighted by molar-refractivity contribution is 6.06. The number of phenolic OH excluding ortho intramolecular Hbond substituents is 2. The molecule has 0 saturated carbocycles. The van der Waals surface area contributed by atoms with E-state index in [1.165, 1.54) is 25.3 Å². The first-order chi connectivity index (χ1) is 12.8. The van der Waals surface area contributed by atoms with Gasteiger partial charge in [0.1, 0.15) is 35.0 Å². The summed E-state index contributed by atoms with van der Waals surface area (Å²) in [5.74, 6) is 0.110. The normalized spacial score (nSPS) is 19.5. The number of benzene rings is 2. The minimum atomic E-state index is -0.601. The number of aromatic hydroxyl groups is 2. The van der Waals surface area contributed by atoms with Crippen LogP contribution in [0.25, 0.3) is 6.08 Å². The van der Waals surface area contributed by atoms with Crippen LogP contribution in [0, 0.1) is 0 Å². The van der Waals surface area contributed by atoms with E-state index in [9.17, 15) is 15.0 Å². The standard InChI is InChI=1S/C21H20O6/c1-21(2)5-4-11-6-12(7-15(23)20(11)27-21)14-10-26-17-9-13(22)8-16(25-3)18(17)19(14)24/h4-9,14,22-23H,10H2,1-3H3/t14-/m1/s1. The summed E-state index contributed by atoms with van der Waals surface area (Å²) in [7, 11) is 1.43. The Bertz CT molecular complexity index is 956. The van der Waals surface area contributed by atoms with Gasteiger partial charge in [-0.1, -0.05) is 6.08 Å². The van der Waals surface area contributed by atoms with E-state index >= 15 is 0 Å². The maximum atomic E-state index is 13.1. The minimum absolute atomic E-state index is 0.0174. The molecule has 2 aromatic rings. The summed E-state index contributed by atoms with van der Waals surface area (Å²) in [4.78, 5) is 13.1. The van der Waals surface area contributed by atoms with Gasteiger partial charge in [0.15, 0.2) is 17.3 Å². The molecule has 2 aliphatic rings. The van der Waals surface area contributed by atoms with Crippen LogP contribution < -0.4 is 14.2 Å². The molecule has 1 atom stereocenters. The third kappa shape index (κ3) is 2.87. The fourth-order valence-electron chi connectivity index (χ4n) is 3.45. The monoisotopic (exact) mass is 368 g/mol. The van der Waals surface area contributed by atoms with E-state index in [0.717, 1.165) is 0 Å². The summed E-state index contributed by atoms with van der Waals surface area (Å²) in [6.07, 6.45) is 3.78. The average Bonchev–Trinajstić information content (AvgIpc) is 2.61. The van der Waals surface area contributed by atoms with Crippen LogP contribution in [0.3, 0.4) is 0 Å². The number of Topliss-reactive ketones (excluding diaryl/α,β-unsaturated/α-hetero) is 1. The van der Waals surface area contributed by atoms with Gasteiger partial charge in [-0.25, -0.2) is 0 Å². The maximum Gasteiger partial charge on any atom is 0.181 e. The first-order valence-corrected chi connectivity index (χ1v) is 8.62. The Morgan fingerprint density at radius 3 is 2.70 bits per heavy atom. The molecule has 0 radical (unpaired) electrons. The highest BCUT2D eigenvalue weighted by Gasteiger charge is 2.35. The van der Waals surface area contributed by atoms with Crippen LogP contribution in [0.1, 0.15) is 41.3 Å². The van der Waals surface area contributed by atoms with Crippen LogP contribution in [-0.4, -0.2) is 35.3 Å². The number of ketones is 1. The number of methoxy groups -OCH3 is 1. The van der Waals surface area contributed by atoms with Gasteiger partial charge in [0.25, 0.3) is 0 Å². The topological polar surface area (TPSA) is 85.2 Å². The van der Waals surface area contributed by atoms with E-state index in [2.05, 4.69) is 0 Å². The molecule has 0 aliphatic carbocycles. The van der Waals surface area contributed by atoms with Crippen LogP contribution in [0.2, 0.25) is 0 Å². The summed E-state index contributed by atoms with van der Waals surface area (Å²) < 4.78 is 16.8. The van der Waals surface area contributed by atoms with Crippen molar-refractivity contribution in [3.05, 3.63) is 47.0 Å². The molecule has 27 heavy (non-hydrogen) atoms. The molecule has 0 amide bonds. The van der Waals surface area contributed by atoms with Crippen molar-refractivity contribution >= 4 is 11.9 Å². The van der Waals surface area contributed by atoms with Crippen molar-refractivity contribution in [2.75, 3.05) is 13.7 Å². The number of fused-ring (bicyclic) bond motifs is 2. The number of rotatable bonds is 2. The molecule has 6 heteroatoms. The molecular weight excluding hydrogens is 348 g/mol. The molecule has 2 heterocycles. The third-order valence-electron chi connectivity index (χ3n) is 4.79. The number of hydrogen-bond donors (Lipinski definition) is 2. The van der Waals surface area contributed by atoms with Gasteiger partial charge in [0.05, 0.1) is 13.0 Å². The van der Waals surface area contributed by atoms with Crippen LogP contribution in [-0.2, 0) is 0 Å². The van der Waals surface area contributed by atoms with Crippen molar-refractivity contribution in [3.63, 3.8) is 0 Å². The van der Waals surface area contributed by atoms with E-state index in [-0.39, 0.29) is 35.2 Å². The lowest BCUT2D eigenvalue weighted by Crippen LogP contribution is -2.28. The summed E-state index contributed by atoms with van der Waals surface area (Å²) in [5, 5.41) is 20.2. The molecule has 4 rings (SSSR count). The van der Waals surface area contributed by atoms with Gasteiger partial charge in [-0.15, -0.1) is 0 Å². The predicted molar refractivity (Wildman–Crippen MR) is 99.1 cm³/mol. The molecular formula is C21H20O6. The lowest BCUT2D eigenvalue weighted by atomic mass is 9.86. The number of hydrogen-bond acceptors (Lipinski definition) is 6. The van der Waals surface area contributed by atoms with Gasteiger partial charge >= 0.3 is 0 Å². The molecule has 0 bridgehead atoms. The van der Waals surface area contributed by atoms with E-state index < -0.39 is 11.5 Å². The van der Waals surface area contributed by atoms with Gasteiger partial charge in [-0.05, 0) is 37.6 Å². The smallest absolute Gasteiger partial charge is 0.181 e. The zero-order valence-electron chi connectivity index (χ0n) is 15.3. The van der Waals surface area contributed by atoms with E-state index in [0.29, 0.717) is 22.6 Å². The third-order valence-corrected chi connectivity index (χ3v) is 4.79. The molecule has 0 aromatic heterocycles. The van der Waals surface area contributed by atoms with E-state index in [1.54, 1.807) is 0 Å². The fraction of sp³-hybridized carbons (Fsp3) is 0.286. The number of carbonyl (C=O) groups is 1. The lowest BCUT2D eigenvalue weighted by molar-refractivity contribution is 0.0891. The summed E-state index contributed by atoms with van der Waals surface area (Å²) in [5.41, 5.74) is 1.12. The number of phenols is 2. The van der Waals surface area contributed by atoms with Crippen LogP contribution in [0.15, 0.2) is 30.3 Å². The molecule has 0 fully saturated rings. The van der Waals surface area contributed by atoms with Crippen molar-refractivity contribution in [2.45, 2.75) is 25.4 Å². The fourth-order valence-corrected chi connectivity index (χ4v) is 3.45. The number of carbonyl (C=O) groups excluding carboxylic acids is 1. The Morgan fingerprint density at radius 2 is 1.96 bits per heavy atom. The quantitative estimate of drug-likeness (QED) is 0.842. The van der Waals surface area contributed by atoms with Gasteiger partial charge in [0, 0.05) is 17.7 Å². The first kappa shape index (κ1) is 17.3. The van der Waals surface area contributed by atoms with Crippen molar-refractivity contribution in [2.24, 2.45) is 0 Å².